The Labute approximate surface area is 56.8 Å². The van der Waals surface area contributed by atoms with Crippen molar-refractivity contribution in [3.8, 4) is 0 Å². The molecule has 0 unspecified atom stereocenters. The first-order valence-electron chi connectivity index (χ1n) is 3.70. The van der Waals surface area contributed by atoms with Crippen molar-refractivity contribution < 1.29 is 0 Å². The van der Waals surface area contributed by atoms with Gasteiger partial charge in [-0.25, -0.2) is 0 Å². The van der Waals surface area contributed by atoms with Crippen LogP contribution >= 0.6 is 0 Å². The Hall–Kier alpha value is -0.0800. The summed E-state index contributed by atoms with van der Waals surface area (Å²) >= 11 is 0. The lowest BCUT2D eigenvalue weighted by atomic mass is 9.96. The molecule has 0 aromatic carbocycles. The summed E-state index contributed by atoms with van der Waals surface area (Å²) in [6.45, 7) is 4.38. The molecule has 0 radical (unpaired) electrons. The van der Waals surface area contributed by atoms with Crippen molar-refractivity contribution in [1.82, 2.24) is 5.32 Å². The number of nitrogens with two attached hydrogens (primary N) is 1. The second kappa shape index (κ2) is 2.67. The molecule has 0 aromatic rings. The van der Waals surface area contributed by atoms with Crippen LogP contribution in [0.3, 0.4) is 0 Å². The molecule has 0 spiro atoms. The van der Waals surface area contributed by atoms with Gasteiger partial charge in [0.25, 0.3) is 0 Å². The third kappa shape index (κ3) is 1.95. The van der Waals surface area contributed by atoms with Gasteiger partial charge in [0, 0.05) is 18.1 Å². The highest BCUT2D eigenvalue weighted by molar-refractivity contribution is 4.82. The van der Waals surface area contributed by atoms with Gasteiger partial charge >= 0.3 is 0 Å². The van der Waals surface area contributed by atoms with Crippen LogP contribution in [0.2, 0.25) is 0 Å². The molecular weight excluding hydrogens is 112 g/mol. The Bertz CT molecular complexity index is 67.9. The molecule has 54 valence electrons. The first-order chi connectivity index (χ1) is 4.18. The van der Waals surface area contributed by atoms with E-state index in [0.29, 0.717) is 18.1 Å². The van der Waals surface area contributed by atoms with E-state index in [1.165, 1.54) is 0 Å². The summed E-state index contributed by atoms with van der Waals surface area (Å²) in [6, 6.07) is 1.66. The van der Waals surface area contributed by atoms with Crippen molar-refractivity contribution in [1.29, 1.82) is 0 Å². The van der Waals surface area contributed by atoms with E-state index in [2.05, 4.69) is 19.2 Å². The molecule has 0 saturated carbocycles. The summed E-state index contributed by atoms with van der Waals surface area (Å²) in [7, 11) is 0. The van der Waals surface area contributed by atoms with Crippen LogP contribution in [-0.2, 0) is 0 Å². The van der Waals surface area contributed by atoms with Crippen LogP contribution < -0.4 is 11.1 Å². The molecule has 3 N–H and O–H groups in total. The Morgan fingerprint density at radius 1 is 1.22 bits per heavy atom. The van der Waals surface area contributed by atoms with Crippen molar-refractivity contribution in [2.24, 2.45) is 5.73 Å². The van der Waals surface area contributed by atoms with Gasteiger partial charge in [-0.15, -0.1) is 0 Å². The van der Waals surface area contributed by atoms with E-state index in [1.54, 1.807) is 0 Å². The highest BCUT2D eigenvalue weighted by Crippen LogP contribution is 2.10. The highest BCUT2D eigenvalue weighted by Gasteiger charge is 2.19. The van der Waals surface area contributed by atoms with Crippen molar-refractivity contribution in [2.45, 2.75) is 44.8 Å². The fourth-order valence-corrected chi connectivity index (χ4v) is 1.63. The third-order valence-electron chi connectivity index (χ3n) is 1.88. The molecule has 2 atom stereocenters. The van der Waals surface area contributed by atoms with Crippen LogP contribution in [0.15, 0.2) is 0 Å². The standard InChI is InChI=1S/C7H16N2/c1-5-3-7(8)4-6(2)9-5/h5-7,9H,3-4,8H2,1-2H3/t5-,6-/m1/s1. The van der Waals surface area contributed by atoms with Gasteiger partial charge in [-0.3, -0.25) is 0 Å². The fraction of sp³-hybridized carbons (Fsp3) is 1.00. The summed E-state index contributed by atoms with van der Waals surface area (Å²) in [6.07, 6.45) is 2.26. The van der Waals surface area contributed by atoms with Crippen LogP contribution in [-0.4, -0.2) is 18.1 Å². The van der Waals surface area contributed by atoms with Crippen LogP contribution in [0.5, 0.6) is 0 Å². The van der Waals surface area contributed by atoms with Gasteiger partial charge in [-0.05, 0) is 26.7 Å². The van der Waals surface area contributed by atoms with E-state index in [1.807, 2.05) is 0 Å². The van der Waals surface area contributed by atoms with Gasteiger partial charge in [0.2, 0.25) is 0 Å². The average Bonchev–Trinajstić information content (AvgIpc) is 1.59. The molecule has 1 heterocycles. The van der Waals surface area contributed by atoms with E-state index >= 15 is 0 Å². The summed E-state index contributed by atoms with van der Waals surface area (Å²) in [5, 5.41) is 3.43. The zero-order valence-corrected chi connectivity index (χ0v) is 6.22. The molecule has 0 amide bonds. The van der Waals surface area contributed by atoms with Crippen LogP contribution in [0.25, 0.3) is 0 Å². The minimum Gasteiger partial charge on any atom is -0.328 e. The van der Waals surface area contributed by atoms with Crippen LogP contribution in [0, 0.1) is 0 Å². The maximum Gasteiger partial charge on any atom is 0.00682 e. The van der Waals surface area contributed by atoms with Crippen molar-refractivity contribution in [3.05, 3.63) is 0 Å². The molecule has 0 aromatic heterocycles. The second-order valence-electron chi connectivity index (χ2n) is 3.20. The molecule has 1 aliphatic heterocycles. The lowest BCUT2D eigenvalue weighted by Crippen LogP contribution is -2.47. The minimum absolute atomic E-state index is 0.427. The van der Waals surface area contributed by atoms with Gasteiger partial charge < -0.3 is 11.1 Å². The summed E-state index contributed by atoms with van der Waals surface area (Å²) in [5.41, 5.74) is 5.78. The summed E-state index contributed by atoms with van der Waals surface area (Å²) in [4.78, 5) is 0. The smallest absolute Gasteiger partial charge is 0.00682 e. The lowest BCUT2D eigenvalue weighted by molar-refractivity contribution is 0.317. The van der Waals surface area contributed by atoms with Crippen molar-refractivity contribution in [3.63, 3.8) is 0 Å². The Balaban J connectivity index is 2.34. The molecule has 1 aliphatic rings. The minimum atomic E-state index is 0.427. The van der Waals surface area contributed by atoms with Gasteiger partial charge in [0.1, 0.15) is 0 Å². The number of rotatable bonds is 0. The summed E-state index contributed by atoms with van der Waals surface area (Å²) in [5.74, 6) is 0. The van der Waals surface area contributed by atoms with Crippen molar-refractivity contribution in [2.75, 3.05) is 0 Å². The number of hydrogen-bond acceptors (Lipinski definition) is 2. The first kappa shape index (κ1) is 7.03. The van der Waals surface area contributed by atoms with E-state index in [-0.39, 0.29) is 0 Å². The first-order valence-corrected chi connectivity index (χ1v) is 3.70. The zero-order chi connectivity index (χ0) is 6.85. The Kier molecular flexibility index (Phi) is 2.09. The molecule has 2 nitrogen and oxygen atoms in total. The number of hydrogen-bond donors (Lipinski definition) is 2. The molecular formula is C7H16N2. The lowest BCUT2D eigenvalue weighted by Gasteiger charge is -2.30. The molecule has 0 bridgehead atoms. The van der Waals surface area contributed by atoms with E-state index in [4.69, 9.17) is 5.73 Å². The molecule has 2 heteroatoms. The van der Waals surface area contributed by atoms with Gasteiger partial charge in [0.15, 0.2) is 0 Å². The quantitative estimate of drug-likeness (QED) is 0.498. The predicted molar refractivity (Wildman–Crippen MR) is 39.3 cm³/mol. The third-order valence-corrected chi connectivity index (χ3v) is 1.88. The fourth-order valence-electron chi connectivity index (χ4n) is 1.63. The average molecular weight is 128 g/mol. The number of nitrogens with one attached hydrogen (secondary N) is 1. The summed E-state index contributed by atoms with van der Waals surface area (Å²) < 4.78 is 0. The normalized spacial score (nSPS) is 45.0. The number of piperidine rings is 1. The van der Waals surface area contributed by atoms with Crippen molar-refractivity contribution >= 4 is 0 Å². The molecule has 9 heavy (non-hydrogen) atoms. The molecule has 1 rings (SSSR count). The van der Waals surface area contributed by atoms with E-state index in [9.17, 15) is 0 Å². The maximum absolute atomic E-state index is 5.78. The Morgan fingerprint density at radius 3 is 2.00 bits per heavy atom. The van der Waals surface area contributed by atoms with Crippen LogP contribution in [0.4, 0.5) is 0 Å². The molecule has 0 aliphatic carbocycles. The second-order valence-corrected chi connectivity index (χ2v) is 3.20. The predicted octanol–water partition coefficient (Wildman–Crippen LogP) is 0.474. The van der Waals surface area contributed by atoms with Gasteiger partial charge in [-0.2, -0.15) is 0 Å². The zero-order valence-electron chi connectivity index (χ0n) is 6.22. The largest absolute Gasteiger partial charge is 0.328 e. The Morgan fingerprint density at radius 2 is 1.67 bits per heavy atom. The van der Waals surface area contributed by atoms with Gasteiger partial charge in [0.05, 0.1) is 0 Å². The topological polar surface area (TPSA) is 38.0 Å². The molecule has 1 saturated heterocycles. The SMILES string of the molecule is C[C@@H]1CC(N)C[C@@H](C)N1. The van der Waals surface area contributed by atoms with E-state index in [0.717, 1.165) is 12.8 Å². The maximum atomic E-state index is 5.78. The monoisotopic (exact) mass is 128 g/mol. The van der Waals surface area contributed by atoms with E-state index < -0.39 is 0 Å². The van der Waals surface area contributed by atoms with Crippen LogP contribution in [0.1, 0.15) is 26.7 Å². The highest BCUT2D eigenvalue weighted by atomic mass is 15.0. The molecule has 1 fully saturated rings. The van der Waals surface area contributed by atoms with Gasteiger partial charge in [-0.1, -0.05) is 0 Å².